The highest BCUT2D eigenvalue weighted by Crippen LogP contribution is 2.21. The van der Waals surface area contributed by atoms with Gasteiger partial charge in [0.1, 0.15) is 5.75 Å². The largest absolute Gasteiger partial charge is 0.480 e. The molecular formula is C20H30N2O3. The van der Waals surface area contributed by atoms with Crippen molar-refractivity contribution >= 4 is 5.91 Å². The fraction of sp³-hybridized carbons (Fsp3) is 0.650. The maximum atomic E-state index is 12.8. The first-order chi connectivity index (χ1) is 12.2. The van der Waals surface area contributed by atoms with Crippen LogP contribution in [0.15, 0.2) is 24.3 Å². The number of para-hydroxylation sites is 1. The van der Waals surface area contributed by atoms with E-state index in [0.29, 0.717) is 19.6 Å². The summed E-state index contributed by atoms with van der Waals surface area (Å²) in [5, 5.41) is 3.25. The van der Waals surface area contributed by atoms with E-state index in [1.807, 2.05) is 38.1 Å². The average molecular weight is 346 g/mol. The Hall–Kier alpha value is -1.59. The smallest absolute Gasteiger partial charge is 0.261 e. The van der Waals surface area contributed by atoms with Crippen molar-refractivity contribution in [3.8, 4) is 5.75 Å². The summed E-state index contributed by atoms with van der Waals surface area (Å²) in [5.74, 6) is 0.773. The van der Waals surface area contributed by atoms with E-state index in [9.17, 15) is 4.79 Å². The van der Waals surface area contributed by atoms with Gasteiger partial charge in [0, 0.05) is 12.6 Å². The van der Waals surface area contributed by atoms with Gasteiger partial charge in [-0.1, -0.05) is 25.1 Å². The topological polar surface area (TPSA) is 50.8 Å². The molecule has 2 saturated heterocycles. The lowest BCUT2D eigenvalue weighted by atomic mass is 10.0. The highest BCUT2D eigenvalue weighted by atomic mass is 16.5. The molecule has 2 fully saturated rings. The Bertz CT molecular complexity index is 572. The number of aryl methyl sites for hydroxylation is 1. The Kier molecular flexibility index (Phi) is 6.32. The SMILES string of the molecule is CCC(Oc1ccccc1C)C(=O)NC1CCOCC1N1CCCC1. The van der Waals surface area contributed by atoms with Crippen LogP contribution in [-0.2, 0) is 9.53 Å². The van der Waals surface area contributed by atoms with Crippen molar-refractivity contribution in [3.63, 3.8) is 0 Å². The number of hydrogen-bond acceptors (Lipinski definition) is 4. The van der Waals surface area contributed by atoms with Gasteiger partial charge in [0.2, 0.25) is 0 Å². The van der Waals surface area contributed by atoms with Gasteiger partial charge in [-0.2, -0.15) is 0 Å². The second-order valence-corrected chi connectivity index (χ2v) is 7.07. The van der Waals surface area contributed by atoms with Crippen molar-refractivity contribution in [1.29, 1.82) is 0 Å². The van der Waals surface area contributed by atoms with Gasteiger partial charge in [-0.15, -0.1) is 0 Å². The molecule has 0 spiro atoms. The van der Waals surface area contributed by atoms with E-state index in [2.05, 4.69) is 10.2 Å². The second-order valence-electron chi connectivity index (χ2n) is 7.07. The Balaban J connectivity index is 1.62. The molecule has 3 rings (SSSR count). The van der Waals surface area contributed by atoms with E-state index in [1.165, 1.54) is 12.8 Å². The summed E-state index contributed by atoms with van der Waals surface area (Å²) in [6.07, 6.45) is 3.55. The van der Waals surface area contributed by atoms with E-state index in [0.717, 1.165) is 30.8 Å². The van der Waals surface area contributed by atoms with E-state index < -0.39 is 6.10 Å². The molecule has 3 atom stereocenters. The van der Waals surface area contributed by atoms with Gasteiger partial charge in [0.05, 0.1) is 12.6 Å². The number of hydrogen-bond donors (Lipinski definition) is 1. The molecule has 1 aromatic rings. The van der Waals surface area contributed by atoms with E-state index in [1.54, 1.807) is 0 Å². The number of amides is 1. The number of rotatable bonds is 6. The Morgan fingerprint density at radius 2 is 2.12 bits per heavy atom. The lowest BCUT2D eigenvalue weighted by Crippen LogP contribution is -2.57. The zero-order valence-corrected chi connectivity index (χ0v) is 15.4. The molecule has 0 aromatic heterocycles. The van der Waals surface area contributed by atoms with Gasteiger partial charge in [-0.25, -0.2) is 0 Å². The first kappa shape index (κ1) is 18.2. The van der Waals surface area contributed by atoms with Crippen molar-refractivity contribution in [1.82, 2.24) is 10.2 Å². The molecule has 0 saturated carbocycles. The average Bonchev–Trinajstić information content (AvgIpc) is 3.16. The zero-order chi connectivity index (χ0) is 17.6. The number of likely N-dealkylation sites (tertiary alicyclic amines) is 1. The van der Waals surface area contributed by atoms with Crippen LogP contribution in [0.5, 0.6) is 5.75 Å². The van der Waals surface area contributed by atoms with Gasteiger partial charge < -0.3 is 14.8 Å². The molecule has 0 bridgehead atoms. The van der Waals surface area contributed by atoms with Crippen LogP contribution in [-0.4, -0.2) is 55.3 Å². The lowest BCUT2D eigenvalue weighted by molar-refractivity contribution is -0.130. The molecule has 0 radical (unpaired) electrons. The molecule has 5 nitrogen and oxygen atoms in total. The van der Waals surface area contributed by atoms with Gasteiger partial charge >= 0.3 is 0 Å². The number of carbonyl (C=O) groups is 1. The molecule has 0 aliphatic carbocycles. The molecule has 2 aliphatic heterocycles. The summed E-state index contributed by atoms with van der Waals surface area (Å²) in [6.45, 7) is 7.63. The molecule has 2 heterocycles. The standard InChI is InChI=1S/C20H30N2O3/c1-3-18(25-19-9-5-4-8-15(19)2)20(23)21-16-10-13-24-14-17(16)22-11-6-7-12-22/h4-5,8-9,16-18H,3,6-7,10-14H2,1-2H3,(H,21,23). The minimum Gasteiger partial charge on any atom is -0.480 e. The van der Waals surface area contributed by atoms with Gasteiger partial charge in [-0.3, -0.25) is 9.69 Å². The minimum atomic E-state index is -0.455. The van der Waals surface area contributed by atoms with Crippen LogP contribution >= 0.6 is 0 Å². The number of nitrogens with one attached hydrogen (secondary N) is 1. The third-order valence-corrected chi connectivity index (χ3v) is 5.29. The van der Waals surface area contributed by atoms with Crippen molar-refractivity contribution < 1.29 is 14.3 Å². The van der Waals surface area contributed by atoms with Crippen LogP contribution in [0.25, 0.3) is 0 Å². The van der Waals surface area contributed by atoms with Crippen LogP contribution in [0.1, 0.15) is 38.2 Å². The molecule has 1 amide bonds. The first-order valence-electron chi connectivity index (χ1n) is 9.53. The fourth-order valence-corrected chi connectivity index (χ4v) is 3.76. The molecule has 1 aromatic carbocycles. The van der Waals surface area contributed by atoms with Gasteiger partial charge in [0.25, 0.3) is 5.91 Å². The maximum absolute atomic E-state index is 12.8. The number of carbonyl (C=O) groups excluding carboxylic acids is 1. The van der Waals surface area contributed by atoms with Crippen molar-refractivity contribution in [3.05, 3.63) is 29.8 Å². The quantitative estimate of drug-likeness (QED) is 0.860. The summed E-state index contributed by atoms with van der Waals surface area (Å²) in [5.41, 5.74) is 1.05. The van der Waals surface area contributed by atoms with Crippen LogP contribution in [0.3, 0.4) is 0 Å². The molecule has 3 unspecified atom stereocenters. The second kappa shape index (κ2) is 8.68. The minimum absolute atomic E-state index is 0.0122. The van der Waals surface area contributed by atoms with Crippen LogP contribution in [0.4, 0.5) is 0 Å². The Morgan fingerprint density at radius 1 is 1.36 bits per heavy atom. The number of benzene rings is 1. The highest BCUT2D eigenvalue weighted by Gasteiger charge is 2.34. The fourth-order valence-electron chi connectivity index (χ4n) is 3.76. The molecule has 25 heavy (non-hydrogen) atoms. The Labute approximate surface area is 150 Å². The third kappa shape index (κ3) is 4.53. The van der Waals surface area contributed by atoms with Crippen molar-refractivity contribution in [2.24, 2.45) is 0 Å². The van der Waals surface area contributed by atoms with Crippen LogP contribution in [0.2, 0.25) is 0 Å². The summed E-state index contributed by atoms with van der Waals surface area (Å²) < 4.78 is 11.7. The molecule has 2 aliphatic rings. The lowest BCUT2D eigenvalue weighted by Gasteiger charge is -2.38. The van der Waals surface area contributed by atoms with Crippen molar-refractivity contribution in [2.75, 3.05) is 26.3 Å². The van der Waals surface area contributed by atoms with Crippen LogP contribution < -0.4 is 10.1 Å². The summed E-state index contributed by atoms with van der Waals surface area (Å²) in [6, 6.07) is 8.28. The maximum Gasteiger partial charge on any atom is 0.261 e. The third-order valence-electron chi connectivity index (χ3n) is 5.29. The summed E-state index contributed by atoms with van der Waals surface area (Å²) in [7, 11) is 0. The Morgan fingerprint density at radius 3 is 2.84 bits per heavy atom. The zero-order valence-electron chi connectivity index (χ0n) is 15.4. The van der Waals surface area contributed by atoms with Crippen molar-refractivity contribution in [2.45, 2.75) is 57.7 Å². The predicted molar refractivity (Wildman–Crippen MR) is 97.8 cm³/mol. The van der Waals surface area contributed by atoms with E-state index >= 15 is 0 Å². The first-order valence-corrected chi connectivity index (χ1v) is 9.53. The highest BCUT2D eigenvalue weighted by molar-refractivity contribution is 5.81. The van der Waals surface area contributed by atoms with Gasteiger partial charge in [0.15, 0.2) is 6.10 Å². The van der Waals surface area contributed by atoms with E-state index in [-0.39, 0.29) is 18.0 Å². The van der Waals surface area contributed by atoms with Gasteiger partial charge in [-0.05, 0) is 57.3 Å². The summed E-state index contributed by atoms with van der Waals surface area (Å²) >= 11 is 0. The predicted octanol–water partition coefficient (Wildman–Crippen LogP) is 2.52. The molecule has 1 N–H and O–H groups in total. The number of nitrogens with zero attached hydrogens (tertiary/aromatic N) is 1. The van der Waals surface area contributed by atoms with Crippen LogP contribution in [0, 0.1) is 6.92 Å². The monoisotopic (exact) mass is 346 g/mol. The molecular weight excluding hydrogens is 316 g/mol. The summed E-state index contributed by atoms with van der Waals surface area (Å²) in [4.78, 5) is 15.3. The molecule has 5 heteroatoms. The normalized spacial score (nSPS) is 25.5. The number of ether oxygens (including phenoxy) is 2. The molecule has 138 valence electrons. The van der Waals surface area contributed by atoms with E-state index in [4.69, 9.17) is 9.47 Å².